The summed E-state index contributed by atoms with van der Waals surface area (Å²) in [5.74, 6) is 0.540. The van der Waals surface area contributed by atoms with Crippen LogP contribution in [0, 0.1) is 0 Å². The molecule has 2 rings (SSSR count). The van der Waals surface area contributed by atoms with Gasteiger partial charge in [-0.3, -0.25) is 0 Å². The minimum Gasteiger partial charge on any atom is -0.395 e. The lowest BCUT2D eigenvalue weighted by atomic mass is 10.1. The third kappa shape index (κ3) is 1.00. The van der Waals surface area contributed by atoms with Gasteiger partial charge in [-0.2, -0.15) is 0 Å². The first kappa shape index (κ1) is 7.36. The standard InChI is InChI=1S/C8H9N3S/c9-7-5-3-1-2-4-6(5)12-11-8(7)10/h1-4,11H,9-10H2. The second-order valence-electron chi connectivity index (χ2n) is 2.53. The lowest BCUT2D eigenvalue weighted by molar-refractivity contribution is 1.11. The Morgan fingerprint density at radius 1 is 1.17 bits per heavy atom. The molecule has 0 saturated carbocycles. The van der Waals surface area contributed by atoms with Crippen LogP contribution in [-0.4, -0.2) is 0 Å². The Morgan fingerprint density at radius 2 is 1.92 bits per heavy atom. The Hall–Kier alpha value is -1.29. The molecule has 1 aromatic carbocycles. The smallest absolute Gasteiger partial charge is 0.131 e. The molecule has 1 heterocycles. The SMILES string of the molecule is NC1=C(N)c2ccccc2SN1. The Balaban J connectivity index is 2.59. The molecule has 62 valence electrons. The highest BCUT2D eigenvalue weighted by atomic mass is 32.2. The molecule has 1 aliphatic rings. The molecule has 0 spiro atoms. The van der Waals surface area contributed by atoms with Gasteiger partial charge in [0.2, 0.25) is 0 Å². The molecular weight excluding hydrogens is 170 g/mol. The molecule has 4 heteroatoms. The maximum Gasteiger partial charge on any atom is 0.131 e. The van der Waals surface area contributed by atoms with Gasteiger partial charge in [-0.05, 0) is 18.0 Å². The van der Waals surface area contributed by atoms with E-state index in [1.807, 2.05) is 24.3 Å². The highest BCUT2D eigenvalue weighted by Crippen LogP contribution is 2.28. The molecule has 3 nitrogen and oxygen atoms in total. The van der Waals surface area contributed by atoms with E-state index in [2.05, 4.69) is 4.72 Å². The number of nitrogens with two attached hydrogens (primary N) is 2. The van der Waals surface area contributed by atoms with Gasteiger partial charge in [0.15, 0.2) is 0 Å². The number of rotatable bonds is 0. The average Bonchev–Trinajstić information content (AvgIpc) is 2.12. The van der Waals surface area contributed by atoms with E-state index in [9.17, 15) is 0 Å². The summed E-state index contributed by atoms with van der Waals surface area (Å²) in [5.41, 5.74) is 13.0. The normalized spacial score (nSPS) is 15.3. The van der Waals surface area contributed by atoms with Crippen LogP contribution in [0.15, 0.2) is 35.0 Å². The molecule has 0 amide bonds. The zero-order valence-corrected chi connectivity index (χ0v) is 7.19. The van der Waals surface area contributed by atoms with Gasteiger partial charge in [0, 0.05) is 10.5 Å². The molecule has 0 atom stereocenters. The van der Waals surface area contributed by atoms with Gasteiger partial charge in [-0.15, -0.1) is 0 Å². The van der Waals surface area contributed by atoms with Crippen molar-refractivity contribution in [1.29, 1.82) is 0 Å². The molecule has 1 aliphatic heterocycles. The summed E-state index contributed by atoms with van der Waals surface area (Å²) in [6.07, 6.45) is 0. The van der Waals surface area contributed by atoms with Crippen LogP contribution < -0.4 is 16.2 Å². The topological polar surface area (TPSA) is 64.1 Å². The average molecular weight is 179 g/mol. The van der Waals surface area contributed by atoms with Gasteiger partial charge < -0.3 is 16.2 Å². The maximum absolute atomic E-state index is 5.77. The summed E-state index contributed by atoms with van der Waals surface area (Å²) < 4.78 is 2.94. The van der Waals surface area contributed by atoms with Crippen molar-refractivity contribution in [2.45, 2.75) is 4.90 Å². The number of benzene rings is 1. The fourth-order valence-electron chi connectivity index (χ4n) is 1.09. The predicted octanol–water partition coefficient (Wildman–Crippen LogP) is 0.840. The predicted molar refractivity (Wildman–Crippen MR) is 50.7 cm³/mol. The fourth-order valence-corrected chi connectivity index (χ4v) is 1.85. The van der Waals surface area contributed by atoms with E-state index in [1.165, 1.54) is 11.9 Å². The van der Waals surface area contributed by atoms with Crippen LogP contribution in [0.1, 0.15) is 5.56 Å². The lowest BCUT2D eigenvalue weighted by Gasteiger charge is -2.18. The van der Waals surface area contributed by atoms with Crippen molar-refractivity contribution in [2.75, 3.05) is 0 Å². The van der Waals surface area contributed by atoms with Crippen molar-refractivity contribution in [2.24, 2.45) is 11.5 Å². The van der Waals surface area contributed by atoms with Gasteiger partial charge >= 0.3 is 0 Å². The van der Waals surface area contributed by atoms with E-state index in [0.29, 0.717) is 11.5 Å². The number of hydrogen-bond donors (Lipinski definition) is 3. The maximum atomic E-state index is 5.77. The third-order valence-corrected chi connectivity index (χ3v) is 2.64. The zero-order valence-electron chi connectivity index (χ0n) is 6.37. The molecule has 0 unspecified atom stereocenters. The van der Waals surface area contributed by atoms with Gasteiger partial charge in [0.1, 0.15) is 5.82 Å². The minimum absolute atomic E-state index is 0.540. The molecule has 5 N–H and O–H groups in total. The Kier molecular flexibility index (Phi) is 1.62. The molecule has 0 radical (unpaired) electrons. The quantitative estimate of drug-likeness (QED) is 0.516. The summed E-state index contributed by atoms with van der Waals surface area (Å²) in [5, 5.41) is 0. The molecule has 12 heavy (non-hydrogen) atoms. The largest absolute Gasteiger partial charge is 0.395 e. The van der Waals surface area contributed by atoms with Crippen molar-refractivity contribution < 1.29 is 0 Å². The minimum atomic E-state index is 0.540. The van der Waals surface area contributed by atoms with Crippen molar-refractivity contribution >= 4 is 17.6 Å². The highest BCUT2D eigenvalue weighted by molar-refractivity contribution is 7.97. The first-order valence-corrected chi connectivity index (χ1v) is 4.38. The third-order valence-electron chi connectivity index (χ3n) is 1.74. The van der Waals surface area contributed by atoms with Crippen LogP contribution in [-0.2, 0) is 0 Å². The first-order chi connectivity index (χ1) is 5.79. The van der Waals surface area contributed by atoms with E-state index in [0.717, 1.165) is 10.5 Å². The van der Waals surface area contributed by atoms with Crippen molar-refractivity contribution in [3.05, 3.63) is 35.6 Å². The van der Waals surface area contributed by atoms with Gasteiger partial charge in [-0.25, -0.2) is 0 Å². The summed E-state index contributed by atoms with van der Waals surface area (Å²) >= 11 is 1.49. The molecule has 0 aromatic heterocycles. The molecule has 1 aromatic rings. The summed E-state index contributed by atoms with van der Waals surface area (Å²) in [6, 6.07) is 7.89. The van der Waals surface area contributed by atoms with Crippen LogP contribution in [0.3, 0.4) is 0 Å². The number of hydrogen-bond acceptors (Lipinski definition) is 4. The Bertz CT molecular complexity index is 346. The molecule has 0 aliphatic carbocycles. The van der Waals surface area contributed by atoms with Crippen LogP contribution in [0.5, 0.6) is 0 Å². The number of fused-ring (bicyclic) bond motifs is 1. The van der Waals surface area contributed by atoms with E-state index < -0.39 is 0 Å². The van der Waals surface area contributed by atoms with Crippen LogP contribution in [0.4, 0.5) is 0 Å². The first-order valence-electron chi connectivity index (χ1n) is 3.56. The van der Waals surface area contributed by atoms with Gasteiger partial charge in [-0.1, -0.05) is 18.2 Å². The molecular formula is C8H9N3S. The van der Waals surface area contributed by atoms with Gasteiger partial charge in [0.05, 0.1) is 5.70 Å². The molecule has 0 bridgehead atoms. The fraction of sp³-hybridized carbons (Fsp3) is 0. The number of nitrogens with one attached hydrogen (secondary N) is 1. The van der Waals surface area contributed by atoms with Gasteiger partial charge in [0.25, 0.3) is 0 Å². The monoisotopic (exact) mass is 179 g/mol. The van der Waals surface area contributed by atoms with E-state index >= 15 is 0 Å². The van der Waals surface area contributed by atoms with E-state index in [1.54, 1.807) is 0 Å². The highest BCUT2D eigenvalue weighted by Gasteiger charge is 2.13. The van der Waals surface area contributed by atoms with Crippen LogP contribution >= 0.6 is 11.9 Å². The summed E-state index contributed by atoms with van der Waals surface area (Å²) in [4.78, 5) is 1.12. The molecule has 0 fully saturated rings. The van der Waals surface area contributed by atoms with Crippen molar-refractivity contribution in [3.63, 3.8) is 0 Å². The zero-order chi connectivity index (χ0) is 8.55. The second kappa shape index (κ2) is 2.64. The summed E-state index contributed by atoms with van der Waals surface area (Å²) in [7, 11) is 0. The van der Waals surface area contributed by atoms with Crippen molar-refractivity contribution in [3.8, 4) is 0 Å². The Labute approximate surface area is 75.0 Å². The van der Waals surface area contributed by atoms with E-state index in [-0.39, 0.29) is 0 Å². The second-order valence-corrected chi connectivity index (χ2v) is 3.38. The molecule has 0 saturated heterocycles. The van der Waals surface area contributed by atoms with Crippen LogP contribution in [0.25, 0.3) is 5.70 Å². The lowest BCUT2D eigenvalue weighted by Crippen LogP contribution is -2.22. The Morgan fingerprint density at radius 3 is 2.75 bits per heavy atom. The van der Waals surface area contributed by atoms with Crippen molar-refractivity contribution in [1.82, 2.24) is 4.72 Å². The van der Waals surface area contributed by atoms with Crippen LogP contribution in [0.2, 0.25) is 0 Å². The summed E-state index contributed by atoms with van der Waals surface area (Å²) in [6.45, 7) is 0. The van der Waals surface area contributed by atoms with E-state index in [4.69, 9.17) is 11.5 Å².